The predicted molar refractivity (Wildman–Crippen MR) is 97.4 cm³/mol. The van der Waals surface area contributed by atoms with Crippen LogP contribution in [0.1, 0.15) is 46.0 Å². The first-order chi connectivity index (χ1) is 11.7. The highest BCUT2D eigenvalue weighted by molar-refractivity contribution is 5.93. The fourth-order valence-corrected chi connectivity index (χ4v) is 3.38. The Balaban J connectivity index is 0.000000471. The molecule has 3 aliphatic rings. The minimum absolute atomic E-state index is 0.00565. The maximum Gasteiger partial charge on any atom is 0.236 e. The molecule has 1 saturated carbocycles. The van der Waals surface area contributed by atoms with E-state index in [0.29, 0.717) is 5.82 Å². The molecular formula is C20H27FN2O. The number of carbonyl (C=O) groups is 1. The second-order valence-electron chi connectivity index (χ2n) is 6.32. The molecule has 3 nitrogen and oxygen atoms in total. The Morgan fingerprint density at radius 2 is 2.00 bits per heavy atom. The van der Waals surface area contributed by atoms with Gasteiger partial charge in [0.1, 0.15) is 12.5 Å². The Bertz CT molecular complexity index is 589. The second-order valence-corrected chi connectivity index (χ2v) is 6.32. The van der Waals surface area contributed by atoms with Crippen molar-refractivity contribution in [3.05, 3.63) is 47.9 Å². The summed E-state index contributed by atoms with van der Waals surface area (Å²) in [6.45, 7) is 3.53. The monoisotopic (exact) mass is 330 g/mol. The molecule has 0 bridgehead atoms. The van der Waals surface area contributed by atoms with Crippen molar-refractivity contribution in [3.8, 4) is 0 Å². The number of alkyl halides is 1. The Kier molecular flexibility index (Phi) is 6.71. The van der Waals surface area contributed by atoms with Gasteiger partial charge in [0.25, 0.3) is 0 Å². The van der Waals surface area contributed by atoms with Crippen molar-refractivity contribution in [1.82, 2.24) is 5.32 Å². The van der Waals surface area contributed by atoms with Crippen LogP contribution in [0.15, 0.2) is 52.8 Å². The smallest absolute Gasteiger partial charge is 0.236 e. The molecule has 4 heteroatoms. The molecule has 0 saturated heterocycles. The number of fused-ring (bicyclic) bond motifs is 1. The van der Waals surface area contributed by atoms with Crippen LogP contribution < -0.4 is 5.32 Å². The van der Waals surface area contributed by atoms with Crippen LogP contribution in [-0.4, -0.2) is 18.8 Å². The van der Waals surface area contributed by atoms with Crippen LogP contribution in [0.2, 0.25) is 0 Å². The quantitative estimate of drug-likeness (QED) is 0.736. The maximum absolute atomic E-state index is 12.4. The van der Waals surface area contributed by atoms with Crippen molar-refractivity contribution in [1.29, 1.82) is 0 Å². The van der Waals surface area contributed by atoms with Crippen LogP contribution >= 0.6 is 0 Å². The number of hydrogen-bond acceptors (Lipinski definition) is 2. The molecule has 1 atom stereocenters. The molecule has 0 aromatic carbocycles. The molecule has 2 heterocycles. The summed E-state index contributed by atoms with van der Waals surface area (Å²) in [5, 5.41) is 2.93. The zero-order chi connectivity index (χ0) is 17.4. The summed E-state index contributed by atoms with van der Waals surface area (Å²) in [6.07, 6.45) is 18.2. The van der Waals surface area contributed by atoms with E-state index in [-0.39, 0.29) is 17.2 Å². The number of amides is 1. The summed E-state index contributed by atoms with van der Waals surface area (Å²) in [4.78, 5) is 16.8. The van der Waals surface area contributed by atoms with Crippen molar-refractivity contribution in [2.75, 3.05) is 6.67 Å². The van der Waals surface area contributed by atoms with Crippen molar-refractivity contribution < 1.29 is 9.18 Å². The van der Waals surface area contributed by atoms with Gasteiger partial charge in [-0.2, -0.15) is 0 Å². The lowest BCUT2D eigenvalue weighted by Gasteiger charge is -2.32. The Labute approximate surface area is 144 Å². The highest BCUT2D eigenvalue weighted by Gasteiger charge is 2.48. The van der Waals surface area contributed by atoms with Crippen LogP contribution in [0.5, 0.6) is 0 Å². The number of nitrogens with zero attached hydrogens (tertiary/aromatic N) is 1. The van der Waals surface area contributed by atoms with Gasteiger partial charge in [-0.25, -0.2) is 9.38 Å². The highest BCUT2D eigenvalue weighted by atomic mass is 19.1. The van der Waals surface area contributed by atoms with Crippen LogP contribution in [0, 0.1) is 11.3 Å². The van der Waals surface area contributed by atoms with Gasteiger partial charge in [0.15, 0.2) is 0 Å². The molecule has 0 aromatic heterocycles. The number of carbonyl (C=O) groups excluding carboxylic acids is 1. The normalized spacial score (nSPS) is 25.0. The van der Waals surface area contributed by atoms with Crippen LogP contribution in [0.4, 0.5) is 4.39 Å². The van der Waals surface area contributed by atoms with E-state index in [1.54, 1.807) is 12.3 Å². The van der Waals surface area contributed by atoms with Gasteiger partial charge in [-0.15, -0.1) is 0 Å². The number of hydrogen-bond donors (Lipinski definition) is 1. The molecule has 1 N–H and O–H groups in total. The lowest BCUT2D eigenvalue weighted by Crippen LogP contribution is -2.36. The number of allylic oxidation sites excluding steroid dienone is 6. The summed E-state index contributed by atoms with van der Waals surface area (Å²) in [5.74, 6) is 0.778. The van der Waals surface area contributed by atoms with E-state index >= 15 is 0 Å². The Hall–Kier alpha value is -1.97. The zero-order valence-corrected chi connectivity index (χ0v) is 14.6. The van der Waals surface area contributed by atoms with Crippen molar-refractivity contribution in [3.63, 3.8) is 0 Å². The van der Waals surface area contributed by atoms with Gasteiger partial charge in [-0.05, 0) is 26.7 Å². The molecule has 0 aromatic rings. The second kappa shape index (κ2) is 8.76. The summed E-state index contributed by atoms with van der Waals surface area (Å²) >= 11 is 0. The first-order valence-electron chi connectivity index (χ1n) is 8.76. The summed E-state index contributed by atoms with van der Waals surface area (Å²) in [6, 6.07) is 0. The fourth-order valence-electron chi connectivity index (χ4n) is 3.38. The molecule has 1 spiro atoms. The van der Waals surface area contributed by atoms with Gasteiger partial charge in [-0.1, -0.05) is 55.7 Å². The minimum Gasteiger partial charge on any atom is -0.310 e. The third-order valence-corrected chi connectivity index (χ3v) is 4.79. The average molecular weight is 330 g/mol. The predicted octanol–water partition coefficient (Wildman–Crippen LogP) is 4.64. The number of aliphatic imine (C=N–C) groups is 1. The van der Waals surface area contributed by atoms with Gasteiger partial charge < -0.3 is 5.32 Å². The van der Waals surface area contributed by atoms with Crippen LogP contribution in [-0.2, 0) is 4.79 Å². The maximum atomic E-state index is 12.4. The van der Waals surface area contributed by atoms with Crippen molar-refractivity contribution in [2.45, 2.75) is 46.0 Å². The van der Waals surface area contributed by atoms with Gasteiger partial charge in [-0.3, -0.25) is 4.79 Å². The number of nitrogens with one attached hydrogen (secondary N) is 1. The highest BCUT2D eigenvalue weighted by Crippen LogP contribution is 2.48. The van der Waals surface area contributed by atoms with E-state index in [1.165, 1.54) is 12.5 Å². The molecule has 130 valence electrons. The number of halogens is 1. The molecule has 0 radical (unpaired) electrons. The lowest BCUT2D eigenvalue weighted by atomic mass is 9.69. The summed E-state index contributed by atoms with van der Waals surface area (Å²) in [7, 11) is 0. The van der Waals surface area contributed by atoms with E-state index in [2.05, 4.69) is 10.3 Å². The standard InChI is InChI=1S/C16H19FN2O.C4H8/c17-10-4-5-12-6-7-13-14(18-11-12)19-15(20)16(13)8-2-1-3-9-16;1-3-4-2/h4-7,11-12H,1-3,8-10H2,(H,19,20);3-4H,1-2H3/b5-4+;4-3-. The molecule has 1 fully saturated rings. The third-order valence-electron chi connectivity index (χ3n) is 4.79. The molecule has 24 heavy (non-hydrogen) atoms. The Morgan fingerprint density at radius 3 is 2.62 bits per heavy atom. The third kappa shape index (κ3) is 3.92. The minimum atomic E-state index is -0.466. The van der Waals surface area contributed by atoms with E-state index in [9.17, 15) is 9.18 Å². The molecular weight excluding hydrogens is 303 g/mol. The molecule has 2 aliphatic heterocycles. The van der Waals surface area contributed by atoms with Gasteiger partial charge in [0, 0.05) is 17.7 Å². The molecule has 1 aliphatic carbocycles. The first-order valence-corrected chi connectivity index (χ1v) is 8.76. The summed E-state index contributed by atoms with van der Waals surface area (Å²) < 4.78 is 12.2. The first kappa shape index (κ1) is 18.4. The van der Waals surface area contributed by atoms with Crippen molar-refractivity contribution in [2.24, 2.45) is 16.3 Å². The largest absolute Gasteiger partial charge is 0.310 e. The topological polar surface area (TPSA) is 41.5 Å². The lowest BCUT2D eigenvalue weighted by molar-refractivity contribution is -0.128. The van der Waals surface area contributed by atoms with Crippen molar-refractivity contribution >= 4 is 12.1 Å². The molecule has 1 amide bonds. The summed E-state index contributed by atoms with van der Waals surface area (Å²) in [5.41, 5.74) is 0.648. The fraction of sp³-hybridized carbons (Fsp3) is 0.500. The molecule has 1 unspecified atom stereocenters. The van der Waals surface area contributed by atoms with Gasteiger partial charge in [0.2, 0.25) is 5.91 Å². The molecule has 3 rings (SSSR count). The Morgan fingerprint density at radius 1 is 1.29 bits per heavy atom. The van der Waals surface area contributed by atoms with Gasteiger partial charge >= 0.3 is 0 Å². The van der Waals surface area contributed by atoms with E-state index in [4.69, 9.17) is 0 Å². The SMILES string of the molecule is C/C=C\C.O=C1NC2=C(C=CC(/C=C/CF)C=N2)C12CCCCC2. The van der Waals surface area contributed by atoms with E-state index < -0.39 is 6.67 Å². The van der Waals surface area contributed by atoms with Gasteiger partial charge in [0.05, 0.1) is 5.41 Å². The van der Waals surface area contributed by atoms with E-state index in [0.717, 1.165) is 31.3 Å². The number of rotatable bonds is 2. The van der Waals surface area contributed by atoms with Crippen LogP contribution in [0.25, 0.3) is 0 Å². The zero-order valence-electron chi connectivity index (χ0n) is 14.6. The average Bonchev–Trinajstić information content (AvgIpc) is 2.77. The van der Waals surface area contributed by atoms with Crippen LogP contribution in [0.3, 0.4) is 0 Å². The van der Waals surface area contributed by atoms with E-state index in [1.807, 2.05) is 38.2 Å².